The lowest BCUT2D eigenvalue weighted by Crippen LogP contribution is -2.49. The smallest absolute Gasteiger partial charge is 0.317 e. The standard InChI is InChI=1S/C19H26N2O3S/c1-2-20(13-17(22)23)15-7-10-21(11-8-15)19(24)18-16-6-4-3-5-14(16)9-12-25-18/h3-6,15,18H,2,7-13H2,1H3,(H,22,23). The van der Waals surface area contributed by atoms with Crippen molar-refractivity contribution >= 4 is 23.6 Å². The van der Waals surface area contributed by atoms with E-state index in [1.807, 2.05) is 28.9 Å². The van der Waals surface area contributed by atoms with Crippen LogP contribution in [0.25, 0.3) is 0 Å². The summed E-state index contributed by atoms with van der Waals surface area (Å²) in [4.78, 5) is 28.0. The van der Waals surface area contributed by atoms with Gasteiger partial charge in [0.2, 0.25) is 5.91 Å². The topological polar surface area (TPSA) is 60.9 Å². The normalized spacial score (nSPS) is 21.2. The molecule has 2 heterocycles. The Kier molecular flexibility index (Phi) is 6.02. The summed E-state index contributed by atoms with van der Waals surface area (Å²) >= 11 is 1.75. The lowest BCUT2D eigenvalue weighted by molar-refractivity contribution is -0.140. The molecule has 0 aromatic heterocycles. The molecule has 1 aromatic rings. The minimum Gasteiger partial charge on any atom is -0.480 e. The summed E-state index contributed by atoms with van der Waals surface area (Å²) in [5, 5.41) is 8.96. The molecule has 1 fully saturated rings. The van der Waals surface area contributed by atoms with Crippen LogP contribution >= 0.6 is 11.8 Å². The fourth-order valence-electron chi connectivity index (χ4n) is 3.89. The number of likely N-dealkylation sites (N-methyl/N-ethyl adjacent to an activating group) is 1. The van der Waals surface area contributed by atoms with E-state index in [4.69, 9.17) is 5.11 Å². The van der Waals surface area contributed by atoms with Crippen molar-refractivity contribution in [2.24, 2.45) is 0 Å². The Hall–Kier alpha value is -1.53. The van der Waals surface area contributed by atoms with Crippen molar-refractivity contribution in [1.82, 2.24) is 9.80 Å². The zero-order valence-corrected chi connectivity index (χ0v) is 15.5. The Labute approximate surface area is 153 Å². The van der Waals surface area contributed by atoms with Gasteiger partial charge in [-0.15, -0.1) is 11.8 Å². The molecule has 3 rings (SSSR count). The van der Waals surface area contributed by atoms with Crippen molar-refractivity contribution in [3.8, 4) is 0 Å². The minimum absolute atomic E-state index is 0.0807. The highest BCUT2D eigenvalue weighted by molar-refractivity contribution is 8.00. The van der Waals surface area contributed by atoms with E-state index in [-0.39, 0.29) is 23.7 Å². The second kappa shape index (κ2) is 8.23. The van der Waals surface area contributed by atoms with E-state index in [0.717, 1.165) is 44.6 Å². The number of aryl methyl sites for hydroxylation is 1. The summed E-state index contributed by atoms with van der Waals surface area (Å²) in [6.07, 6.45) is 2.74. The monoisotopic (exact) mass is 362 g/mol. The van der Waals surface area contributed by atoms with Crippen LogP contribution < -0.4 is 0 Å². The number of nitrogens with zero attached hydrogens (tertiary/aromatic N) is 2. The molecule has 2 aliphatic heterocycles. The zero-order chi connectivity index (χ0) is 17.8. The van der Waals surface area contributed by atoms with Crippen molar-refractivity contribution in [3.05, 3.63) is 35.4 Å². The Balaban J connectivity index is 1.62. The third kappa shape index (κ3) is 4.18. The van der Waals surface area contributed by atoms with Gasteiger partial charge in [0.1, 0.15) is 5.25 Å². The van der Waals surface area contributed by atoms with E-state index >= 15 is 0 Å². The average molecular weight is 362 g/mol. The molecular weight excluding hydrogens is 336 g/mol. The van der Waals surface area contributed by atoms with Crippen molar-refractivity contribution in [2.45, 2.75) is 37.5 Å². The van der Waals surface area contributed by atoms with Crippen LogP contribution in [-0.2, 0) is 16.0 Å². The molecule has 1 unspecified atom stereocenters. The van der Waals surface area contributed by atoms with Crippen LogP contribution in [0.1, 0.15) is 36.1 Å². The van der Waals surface area contributed by atoms with Gasteiger partial charge in [0.25, 0.3) is 0 Å². The summed E-state index contributed by atoms with van der Waals surface area (Å²) in [5.74, 6) is 0.430. The van der Waals surface area contributed by atoms with E-state index in [9.17, 15) is 9.59 Å². The fourth-order valence-corrected chi connectivity index (χ4v) is 5.16. The van der Waals surface area contributed by atoms with Gasteiger partial charge >= 0.3 is 5.97 Å². The number of hydrogen-bond acceptors (Lipinski definition) is 4. The van der Waals surface area contributed by atoms with Crippen LogP contribution in [0.5, 0.6) is 0 Å². The van der Waals surface area contributed by atoms with Crippen LogP contribution in [-0.4, -0.2) is 64.8 Å². The number of benzene rings is 1. The maximum absolute atomic E-state index is 13.0. The fraction of sp³-hybridized carbons (Fsp3) is 0.579. The first-order chi connectivity index (χ1) is 12.1. The lowest BCUT2D eigenvalue weighted by Gasteiger charge is -2.39. The number of carbonyl (C=O) groups is 2. The molecule has 0 radical (unpaired) electrons. The SMILES string of the molecule is CCN(CC(=O)O)C1CCN(C(=O)C2SCCc3ccccc32)CC1. The van der Waals surface area contributed by atoms with Gasteiger partial charge in [0, 0.05) is 19.1 Å². The first-order valence-electron chi connectivity index (χ1n) is 9.04. The summed E-state index contributed by atoms with van der Waals surface area (Å²) in [6, 6.07) is 8.54. The number of carbonyl (C=O) groups excluding carboxylic acids is 1. The first kappa shape index (κ1) is 18.3. The van der Waals surface area contributed by atoms with Gasteiger partial charge in [0.15, 0.2) is 0 Å². The Morgan fingerprint density at radius 3 is 2.68 bits per heavy atom. The number of rotatable bonds is 5. The molecule has 0 aliphatic carbocycles. The lowest BCUT2D eigenvalue weighted by atomic mass is 9.99. The maximum Gasteiger partial charge on any atom is 0.317 e. The summed E-state index contributed by atoms with van der Waals surface area (Å²) in [7, 11) is 0. The van der Waals surface area contributed by atoms with Gasteiger partial charge in [-0.1, -0.05) is 31.2 Å². The largest absolute Gasteiger partial charge is 0.480 e. The molecule has 0 bridgehead atoms. The molecular formula is C19H26N2O3S. The number of aliphatic carboxylic acids is 1. The number of hydrogen-bond donors (Lipinski definition) is 1. The van der Waals surface area contributed by atoms with Crippen LogP contribution in [0.3, 0.4) is 0 Å². The van der Waals surface area contributed by atoms with E-state index < -0.39 is 5.97 Å². The predicted molar refractivity (Wildman–Crippen MR) is 99.8 cm³/mol. The van der Waals surface area contributed by atoms with Crippen LogP contribution in [0.4, 0.5) is 0 Å². The number of amides is 1. The molecule has 6 heteroatoms. The van der Waals surface area contributed by atoms with Gasteiger partial charge in [-0.05, 0) is 42.7 Å². The molecule has 1 aromatic carbocycles. The third-order valence-corrected chi connectivity index (χ3v) is 6.48. The molecule has 1 saturated heterocycles. The van der Waals surface area contributed by atoms with Crippen LogP contribution in [0, 0.1) is 0 Å². The number of carboxylic acids is 1. The average Bonchev–Trinajstić information content (AvgIpc) is 2.65. The summed E-state index contributed by atoms with van der Waals surface area (Å²) in [5.41, 5.74) is 2.47. The predicted octanol–water partition coefficient (Wildman–Crippen LogP) is 2.41. The van der Waals surface area contributed by atoms with E-state index in [0.29, 0.717) is 0 Å². The molecule has 1 amide bonds. The molecule has 25 heavy (non-hydrogen) atoms. The number of piperidine rings is 1. The van der Waals surface area contributed by atoms with Crippen molar-refractivity contribution < 1.29 is 14.7 Å². The van der Waals surface area contributed by atoms with Gasteiger partial charge in [-0.3, -0.25) is 14.5 Å². The second-order valence-electron chi connectivity index (χ2n) is 6.71. The van der Waals surface area contributed by atoms with Crippen LogP contribution in [0.15, 0.2) is 24.3 Å². The number of likely N-dealkylation sites (tertiary alicyclic amines) is 1. The molecule has 136 valence electrons. The number of thioether (sulfide) groups is 1. The van der Waals surface area contributed by atoms with Crippen molar-refractivity contribution in [2.75, 3.05) is 31.9 Å². The van der Waals surface area contributed by atoms with Crippen molar-refractivity contribution in [3.63, 3.8) is 0 Å². The summed E-state index contributed by atoms with van der Waals surface area (Å²) in [6.45, 7) is 4.26. The van der Waals surface area contributed by atoms with Crippen LogP contribution in [0.2, 0.25) is 0 Å². The number of carboxylic acid groups (broad SMARTS) is 1. The quantitative estimate of drug-likeness (QED) is 0.872. The highest BCUT2D eigenvalue weighted by Gasteiger charge is 2.33. The Morgan fingerprint density at radius 2 is 2.00 bits per heavy atom. The number of fused-ring (bicyclic) bond motifs is 1. The second-order valence-corrected chi connectivity index (χ2v) is 7.93. The molecule has 1 atom stereocenters. The van der Waals surface area contributed by atoms with Gasteiger partial charge < -0.3 is 10.0 Å². The minimum atomic E-state index is -0.782. The highest BCUT2D eigenvalue weighted by Crippen LogP contribution is 2.38. The Bertz CT molecular complexity index is 629. The van der Waals surface area contributed by atoms with E-state index in [1.54, 1.807) is 11.8 Å². The van der Waals surface area contributed by atoms with Crippen molar-refractivity contribution in [1.29, 1.82) is 0 Å². The van der Waals surface area contributed by atoms with E-state index in [1.165, 1.54) is 11.1 Å². The highest BCUT2D eigenvalue weighted by atomic mass is 32.2. The molecule has 2 aliphatic rings. The van der Waals surface area contributed by atoms with Gasteiger partial charge in [-0.25, -0.2) is 0 Å². The zero-order valence-electron chi connectivity index (χ0n) is 14.7. The van der Waals surface area contributed by atoms with Gasteiger partial charge in [-0.2, -0.15) is 0 Å². The molecule has 0 saturated carbocycles. The summed E-state index contributed by atoms with van der Waals surface area (Å²) < 4.78 is 0. The molecule has 0 spiro atoms. The van der Waals surface area contributed by atoms with Gasteiger partial charge in [0.05, 0.1) is 6.54 Å². The third-order valence-electron chi connectivity index (χ3n) is 5.25. The molecule has 1 N–H and O–H groups in total. The maximum atomic E-state index is 13.0. The molecule has 5 nitrogen and oxygen atoms in total. The first-order valence-corrected chi connectivity index (χ1v) is 10.1. The Morgan fingerprint density at radius 1 is 1.28 bits per heavy atom. The van der Waals surface area contributed by atoms with E-state index in [2.05, 4.69) is 12.1 Å².